The molecular formula is C25H25O5P. The molecule has 0 aromatic heterocycles. The largest absolute Gasteiger partial charge is 0.493 e. The van der Waals surface area contributed by atoms with E-state index in [1.807, 2.05) is 64.1 Å². The molecule has 1 unspecified atom stereocenters. The maximum absolute atomic E-state index is 13.8. The van der Waals surface area contributed by atoms with Crippen LogP contribution in [0.15, 0.2) is 48.5 Å². The van der Waals surface area contributed by atoms with Crippen molar-refractivity contribution in [1.82, 2.24) is 0 Å². The van der Waals surface area contributed by atoms with E-state index in [2.05, 4.69) is 0 Å². The fraction of sp³-hybridized carbons (Fsp3) is 0.240. The molecule has 0 amide bonds. The van der Waals surface area contributed by atoms with Gasteiger partial charge in [-0.25, -0.2) is 0 Å². The van der Waals surface area contributed by atoms with Gasteiger partial charge in [0.25, 0.3) is 0 Å². The maximum Gasteiger partial charge on any atom is 0.308 e. The number of fused-ring (bicyclic) bond motifs is 1. The quantitative estimate of drug-likeness (QED) is 0.458. The second-order valence-electron chi connectivity index (χ2n) is 7.46. The molecule has 0 heterocycles. The van der Waals surface area contributed by atoms with Crippen molar-refractivity contribution in [3.05, 3.63) is 76.3 Å². The molecule has 0 saturated carbocycles. The van der Waals surface area contributed by atoms with Gasteiger partial charge in [0.2, 0.25) is 0 Å². The van der Waals surface area contributed by atoms with Gasteiger partial charge in [-0.3, -0.25) is 14.4 Å². The summed E-state index contributed by atoms with van der Waals surface area (Å²) >= 11 is 0. The van der Waals surface area contributed by atoms with Gasteiger partial charge < -0.3 is 9.84 Å². The number of carboxylic acid groups (broad SMARTS) is 1. The Morgan fingerprint density at radius 2 is 1.52 bits per heavy atom. The summed E-state index contributed by atoms with van der Waals surface area (Å²) < 4.78 is 5.70. The molecule has 3 rings (SSSR count). The van der Waals surface area contributed by atoms with Crippen LogP contribution in [0.3, 0.4) is 0 Å². The molecule has 1 atom stereocenters. The number of carbonyl (C=O) groups is 3. The lowest BCUT2D eigenvalue weighted by molar-refractivity contribution is -0.134. The summed E-state index contributed by atoms with van der Waals surface area (Å²) in [4.78, 5) is 39.0. The van der Waals surface area contributed by atoms with Gasteiger partial charge >= 0.3 is 5.97 Å². The fourth-order valence-corrected chi connectivity index (χ4v) is 5.77. The normalized spacial score (nSPS) is 11.9. The first kappa shape index (κ1) is 22.6. The molecule has 5 nitrogen and oxygen atoms in total. The van der Waals surface area contributed by atoms with Crippen LogP contribution in [-0.4, -0.2) is 34.9 Å². The SMILES string of the molecule is CCOc1ccc2ccccc2c1C(=O)P(CC(=O)O)C(=O)c1c(C)cc(C)cc1C. The molecule has 31 heavy (non-hydrogen) atoms. The van der Waals surface area contributed by atoms with Crippen LogP contribution >= 0.6 is 7.92 Å². The number of ether oxygens (including phenoxy) is 1. The molecule has 3 aromatic carbocycles. The third-order valence-electron chi connectivity index (χ3n) is 5.08. The van der Waals surface area contributed by atoms with Crippen molar-refractivity contribution in [2.24, 2.45) is 0 Å². The minimum Gasteiger partial charge on any atom is -0.493 e. The van der Waals surface area contributed by atoms with Crippen LogP contribution < -0.4 is 4.74 Å². The summed E-state index contributed by atoms with van der Waals surface area (Å²) in [5, 5.41) is 11.0. The van der Waals surface area contributed by atoms with Gasteiger partial charge in [0, 0.05) is 5.56 Å². The third kappa shape index (κ3) is 4.67. The van der Waals surface area contributed by atoms with E-state index in [4.69, 9.17) is 4.74 Å². The first-order chi connectivity index (χ1) is 14.7. The lowest BCUT2D eigenvalue weighted by Gasteiger charge is -2.19. The number of carboxylic acids is 1. The van der Waals surface area contributed by atoms with Gasteiger partial charge in [-0.2, -0.15) is 0 Å². The smallest absolute Gasteiger partial charge is 0.308 e. The Labute approximate surface area is 182 Å². The van der Waals surface area contributed by atoms with Crippen molar-refractivity contribution >= 4 is 35.7 Å². The summed E-state index contributed by atoms with van der Waals surface area (Å²) in [6, 6.07) is 14.7. The molecule has 0 spiro atoms. The highest BCUT2D eigenvalue weighted by atomic mass is 31.1. The first-order valence-electron chi connectivity index (χ1n) is 10.0. The number of hydrogen-bond acceptors (Lipinski definition) is 4. The van der Waals surface area contributed by atoms with Crippen LogP contribution in [0.2, 0.25) is 0 Å². The number of benzene rings is 3. The number of rotatable bonds is 8. The van der Waals surface area contributed by atoms with Crippen molar-refractivity contribution in [3.63, 3.8) is 0 Å². The summed E-state index contributed by atoms with van der Waals surface area (Å²) in [6.45, 7) is 7.72. The van der Waals surface area contributed by atoms with Gasteiger partial charge in [0.05, 0.1) is 26.3 Å². The number of aliphatic carboxylic acids is 1. The van der Waals surface area contributed by atoms with E-state index in [1.165, 1.54) is 0 Å². The summed E-state index contributed by atoms with van der Waals surface area (Å²) in [5.41, 5.74) is 2.34. The maximum atomic E-state index is 13.8. The van der Waals surface area contributed by atoms with Gasteiger partial charge in [0.15, 0.2) is 11.0 Å². The molecule has 0 radical (unpaired) electrons. The van der Waals surface area contributed by atoms with Crippen molar-refractivity contribution < 1.29 is 24.2 Å². The Morgan fingerprint density at radius 3 is 2.13 bits per heavy atom. The lowest BCUT2D eigenvalue weighted by atomic mass is 10.0. The summed E-state index contributed by atoms with van der Waals surface area (Å²) in [5.74, 6) is -0.803. The molecule has 160 valence electrons. The predicted molar refractivity (Wildman–Crippen MR) is 124 cm³/mol. The van der Waals surface area contributed by atoms with Crippen LogP contribution in [0, 0.1) is 20.8 Å². The highest BCUT2D eigenvalue weighted by molar-refractivity contribution is 7.91. The van der Waals surface area contributed by atoms with Gasteiger partial charge in [-0.1, -0.05) is 48.0 Å². The van der Waals surface area contributed by atoms with E-state index < -0.39 is 31.1 Å². The van der Waals surface area contributed by atoms with Crippen LogP contribution in [0.25, 0.3) is 10.8 Å². The second kappa shape index (κ2) is 9.40. The summed E-state index contributed by atoms with van der Waals surface area (Å²) in [7, 11) is -2.17. The zero-order valence-electron chi connectivity index (χ0n) is 18.1. The first-order valence-corrected chi connectivity index (χ1v) is 11.6. The molecule has 0 aliphatic rings. The fourth-order valence-electron chi connectivity index (χ4n) is 3.91. The minimum atomic E-state index is -2.17. The van der Waals surface area contributed by atoms with E-state index in [0.29, 0.717) is 23.3 Å². The molecular weight excluding hydrogens is 411 g/mol. The average Bonchev–Trinajstić information content (AvgIpc) is 2.70. The molecule has 0 bridgehead atoms. The van der Waals surface area contributed by atoms with E-state index >= 15 is 0 Å². The highest BCUT2D eigenvalue weighted by Crippen LogP contribution is 2.47. The Bertz CT molecular complexity index is 1160. The monoisotopic (exact) mass is 436 g/mol. The van der Waals surface area contributed by atoms with E-state index in [0.717, 1.165) is 22.1 Å². The molecule has 0 aliphatic carbocycles. The van der Waals surface area contributed by atoms with Crippen molar-refractivity contribution in [1.29, 1.82) is 0 Å². The molecule has 0 fully saturated rings. The standard InChI is InChI=1S/C25H25O5P/c1-5-30-20-11-10-18-8-6-7-9-19(18)23(20)25(29)31(14-21(26)27)24(28)22-16(3)12-15(2)13-17(22)4/h6-13H,5,14H2,1-4H3,(H,26,27). The van der Waals surface area contributed by atoms with Gasteiger partial charge in [-0.05, 0) is 55.7 Å². The third-order valence-corrected chi connectivity index (χ3v) is 7.09. The Kier molecular flexibility index (Phi) is 6.87. The Balaban J connectivity index is 2.19. The van der Waals surface area contributed by atoms with Gasteiger partial charge in [-0.15, -0.1) is 0 Å². The van der Waals surface area contributed by atoms with Crippen LogP contribution in [0.4, 0.5) is 0 Å². The molecule has 0 aliphatic heterocycles. The minimum absolute atomic E-state index is 0.281. The average molecular weight is 436 g/mol. The van der Waals surface area contributed by atoms with E-state index in [-0.39, 0.29) is 5.56 Å². The zero-order chi connectivity index (χ0) is 22.7. The van der Waals surface area contributed by atoms with Crippen LogP contribution in [0.1, 0.15) is 44.3 Å². The number of aryl methyl sites for hydroxylation is 3. The Morgan fingerprint density at radius 1 is 0.903 bits per heavy atom. The second-order valence-corrected chi connectivity index (χ2v) is 9.44. The number of hydrogen-bond donors (Lipinski definition) is 1. The van der Waals surface area contributed by atoms with E-state index in [9.17, 15) is 19.5 Å². The molecule has 3 aromatic rings. The zero-order valence-corrected chi connectivity index (χ0v) is 19.0. The number of carbonyl (C=O) groups excluding carboxylic acids is 2. The predicted octanol–water partition coefficient (Wildman–Crippen LogP) is 5.71. The van der Waals surface area contributed by atoms with Crippen LogP contribution in [0.5, 0.6) is 5.75 Å². The lowest BCUT2D eigenvalue weighted by Crippen LogP contribution is -2.17. The molecule has 1 N–H and O–H groups in total. The van der Waals surface area contributed by atoms with Crippen molar-refractivity contribution in [2.75, 3.05) is 12.8 Å². The Hall–Kier alpha value is -3.04. The van der Waals surface area contributed by atoms with Gasteiger partial charge in [0.1, 0.15) is 5.75 Å². The van der Waals surface area contributed by atoms with Crippen molar-refractivity contribution in [2.45, 2.75) is 27.7 Å². The summed E-state index contributed by atoms with van der Waals surface area (Å²) in [6.07, 6.45) is -0.519. The molecule has 0 saturated heterocycles. The highest BCUT2D eigenvalue weighted by Gasteiger charge is 2.34. The van der Waals surface area contributed by atoms with Crippen molar-refractivity contribution in [3.8, 4) is 5.75 Å². The topological polar surface area (TPSA) is 80.7 Å². The van der Waals surface area contributed by atoms with E-state index in [1.54, 1.807) is 12.1 Å². The van der Waals surface area contributed by atoms with Crippen LogP contribution in [-0.2, 0) is 4.79 Å². The molecule has 6 heteroatoms.